The van der Waals surface area contributed by atoms with Crippen molar-refractivity contribution in [3.05, 3.63) is 11.6 Å². The highest BCUT2D eigenvalue weighted by Crippen LogP contribution is 2.34. The van der Waals surface area contributed by atoms with Crippen molar-refractivity contribution in [3.8, 4) is 0 Å². The molecular weight excluding hydrogens is 314 g/mol. The Labute approximate surface area is 126 Å². The molecule has 0 bridgehead atoms. The third-order valence-corrected chi connectivity index (χ3v) is 6.11. The number of thiazole rings is 1. The molecular formula is C11H17N5O3S2. The number of nitrogens with zero attached hydrogens (tertiary/aromatic N) is 3. The van der Waals surface area contributed by atoms with Gasteiger partial charge in [-0.3, -0.25) is 4.40 Å². The van der Waals surface area contributed by atoms with Crippen molar-refractivity contribution in [1.29, 1.82) is 0 Å². The molecule has 1 aliphatic carbocycles. The van der Waals surface area contributed by atoms with E-state index in [4.69, 9.17) is 10.6 Å². The number of nitrogens with two attached hydrogens (primary N) is 1. The van der Waals surface area contributed by atoms with E-state index in [1.807, 2.05) is 0 Å². The van der Waals surface area contributed by atoms with Gasteiger partial charge in [-0.2, -0.15) is 9.29 Å². The van der Waals surface area contributed by atoms with Gasteiger partial charge in [0, 0.05) is 31.3 Å². The summed E-state index contributed by atoms with van der Waals surface area (Å²) in [5, 5.41) is 1.88. The van der Waals surface area contributed by atoms with E-state index in [2.05, 4.69) is 10.4 Å². The summed E-state index contributed by atoms with van der Waals surface area (Å²) in [7, 11) is -2.13. The van der Waals surface area contributed by atoms with Crippen LogP contribution in [0.2, 0.25) is 0 Å². The Balaban J connectivity index is 2.07. The predicted octanol–water partition coefficient (Wildman–Crippen LogP) is 0.481. The molecule has 1 fully saturated rings. The molecule has 2 aromatic heterocycles. The lowest BCUT2D eigenvalue weighted by Crippen LogP contribution is -2.37. The second kappa shape index (κ2) is 5.54. The summed E-state index contributed by atoms with van der Waals surface area (Å²) in [4.78, 5) is 4.80. The van der Waals surface area contributed by atoms with Crippen LogP contribution >= 0.6 is 11.3 Å². The number of nitrogen functional groups attached to an aromatic ring is 1. The van der Waals surface area contributed by atoms with E-state index in [1.54, 1.807) is 23.1 Å². The fourth-order valence-corrected chi connectivity index (χ4v) is 4.92. The van der Waals surface area contributed by atoms with Crippen molar-refractivity contribution in [2.45, 2.75) is 23.9 Å². The minimum Gasteiger partial charge on any atom is -0.383 e. The number of fused-ring (bicyclic) bond motifs is 1. The summed E-state index contributed by atoms with van der Waals surface area (Å²) in [6.07, 6.45) is 3.43. The summed E-state index contributed by atoms with van der Waals surface area (Å²) in [5.74, 6) is 5.60. The second-order valence-electron chi connectivity index (χ2n) is 4.81. The van der Waals surface area contributed by atoms with Crippen LogP contribution < -0.4 is 11.3 Å². The van der Waals surface area contributed by atoms with Crippen LogP contribution in [0.1, 0.15) is 12.8 Å². The van der Waals surface area contributed by atoms with Gasteiger partial charge in [-0.15, -0.1) is 11.3 Å². The summed E-state index contributed by atoms with van der Waals surface area (Å²) in [5.41, 5.74) is 2.39. The van der Waals surface area contributed by atoms with Gasteiger partial charge >= 0.3 is 0 Å². The maximum absolute atomic E-state index is 13.0. The smallest absolute Gasteiger partial charge is 0.263 e. The number of hydrazine groups is 1. The van der Waals surface area contributed by atoms with E-state index < -0.39 is 10.0 Å². The number of imidazole rings is 1. The Morgan fingerprint density at radius 3 is 3.00 bits per heavy atom. The molecule has 10 heteroatoms. The van der Waals surface area contributed by atoms with Crippen LogP contribution in [-0.2, 0) is 14.8 Å². The third kappa shape index (κ3) is 2.53. The van der Waals surface area contributed by atoms with Crippen LogP contribution in [0.5, 0.6) is 0 Å². The zero-order valence-corrected chi connectivity index (χ0v) is 13.2. The first-order chi connectivity index (χ1) is 10.1. The van der Waals surface area contributed by atoms with Crippen molar-refractivity contribution < 1.29 is 13.2 Å². The van der Waals surface area contributed by atoms with E-state index in [1.165, 1.54) is 15.6 Å². The molecule has 1 saturated carbocycles. The second-order valence-corrected chi connectivity index (χ2v) is 7.48. The lowest BCUT2D eigenvalue weighted by atomic mass is 10.6. The van der Waals surface area contributed by atoms with Gasteiger partial charge < -0.3 is 10.2 Å². The highest BCUT2D eigenvalue weighted by molar-refractivity contribution is 7.89. The highest BCUT2D eigenvalue weighted by Gasteiger charge is 2.40. The fourth-order valence-electron chi connectivity index (χ4n) is 2.26. The van der Waals surface area contributed by atoms with Gasteiger partial charge in [0.05, 0.1) is 6.61 Å². The van der Waals surface area contributed by atoms with E-state index >= 15 is 0 Å². The lowest BCUT2D eigenvalue weighted by Gasteiger charge is -2.21. The van der Waals surface area contributed by atoms with Gasteiger partial charge in [-0.05, 0) is 12.8 Å². The van der Waals surface area contributed by atoms with E-state index in [-0.39, 0.29) is 16.9 Å². The topological polar surface area (TPSA) is 102 Å². The molecule has 3 rings (SSSR count). The standard InChI is InChI=1S/C11H17N5O3S2/c1-19-6-4-16(8-2-3-8)21(17,18)10-9(14-12)13-11-15(10)5-7-20-11/h5,7-8,14H,2-4,6,12H2,1H3. The van der Waals surface area contributed by atoms with Crippen LogP contribution in [0.3, 0.4) is 0 Å². The molecule has 0 saturated heterocycles. The van der Waals surface area contributed by atoms with Crippen molar-refractivity contribution in [2.24, 2.45) is 5.84 Å². The lowest BCUT2D eigenvalue weighted by molar-refractivity contribution is 0.177. The molecule has 0 atom stereocenters. The Bertz CT molecular complexity index is 734. The number of hydrogen-bond acceptors (Lipinski definition) is 7. The molecule has 1 aliphatic rings. The van der Waals surface area contributed by atoms with Gasteiger partial charge in [0.1, 0.15) is 0 Å². The van der Waals surface area contributed by atoms with E-state index in [0.717, 1.165) is 12.8 Å². The minimum absolute atomic E-state index is 0.0416. The summed E-state index contributed by atoms with van der Waals surface area (Å²) < 4.78 is 34.0. The SMILES string of the molecule is COCCN(C1CC1)S(=O)(=O)c1c(NN)nc2sccn12. The van der Waals surface area contributed by atoms with E-state index in [9.17, 15) is 8.42 Å². The highest BCUT2D eigenvalue weighted by atomic mass is 32.2. The van der Waals surface area contributed by atoms with Gasteiger partial charge in [-0.25, -0.2) is 14.3 Å². The average Bonchev–Trinajstić information content (AvgIpc) is 3.06. The first-order valence-electron chi connectivity index (χ1n) is 6.52. The van der Waals surface area contributed by atoms with Gasteiger partial charge in [-0.1, -0.05) is 0 Å². The number of methoxy groups -OCH3 is 1. The maximum Gasteiger partial charge on any atom is 0.263 e. The average molecular weight is 331 g/mol. The summed E-state index contributed by atoms with van der Waals surface area (Å²) in [6.45, 7) is 0.678. The van der Waals surface area contributed by atoms with Crippen LogP contribution in [0.15, 0.2) is 16.6 Å². The van der Waals surface area contributed by atoms with Crippen molar-refractivity contribution in [3.63, 3.8) is 0 Å². The number of sulfonamides is 1. The van der Waals surface area contributed by atoms with Gasteiger partial charge in [0.15, 0.2) is 10.8 Å². The number of aromatic nitrogens is 2. The predicted molar refractivity (Wildman–Crippen MR) is 79.7 cm³/mol. The Kier molecular flexibility index (Phi) is 3.88. The van der Waals surface area contributed by atoms with Gasteiger partial charge in [0.2, 0.25) is 5.03 Å². The number of anilines is 1. The van der Waals surface area contributed by atoms with E-state index in [0.29, 0.717) is 18.1 Å². The zero-order valence-electron chi connectivity index (χ0n) is 11.5. The van der Waals surface area contributed by atoms with Crippen LogP contribution in [-0.4, -0.2) is 48.4 Å². The Morgan fingerprint density at radius 1 is 1.62 bits per heavy atom. The molecule has 3 N–H and O–H groups in total. The van der Waals surface area contributed by atoms with Gasteiger partial charge in [0.25, 0.3) is 10.0 Å². The number of rotatable bonds is 7. The summed E-state index contributed by atoms with van der Waals surface area (Å²) in [6, 6.07) is 0.0416. The maximum atomic E-state index is 13.0. The van der Waals surface area contributed by atoms with Crippen molar-refractivity contribution >= 4 is 32.1 Å². The molecule has 8 nitrogen and oxygen atoms in total. The number of hydrogen-bond donors (Lipinski definition) is 2. The largest absolute Gasteiger partial charge is 0.383 e. The third-order valence-electron chi connectivity index (χ3n) is 3.38. The molecule has 0 amide bonds. The molecule has 2 aromatic rings. The molecule has 2 heterocycles. The first-order valence-corrected chi connectivity index (χ1v) is 8.84. The quantitative estimate of drug-likeness (QED) is 0.565. The summed E-state index contributed by atoms with van der Waals surface area (Å²) >= 11 is 1.36. The number of nitrogens with one attached hydrogen (secondary N) is 1. The molecule has 0 radical (unpaired) electrons. The normalized spacial score (nSPS) is 16.0. The Hall–Kier alpha value is -1.20. The molecule has 0 spiro atoms. The Morgan fingerprint density at radius 2 is 2.38 bits per heavy atom. The fraction of sp³-hybridized carbons (Fsp3) is 0.545. The molecule has 0 aliphatic heterocycles. The van der Waals surface area contributed by atoms with Crippen LogP contribution in [0.25, 0.3) is 4.96 Å². The minimum atomic E-state index is -3.69. The molecule has 0 unspecified atom stereocenters. The molecule has 21 heavy (non-hydrogen) atoms. The first kappa shape index (κ1) is 14.7. The van der Waals surface area contributed by atoms with Crippen LogP contribution in [0, 0.1) is 0 Å². The monoisotopic (exact) mass is 331 g/mol. The zero-order chi connectivity index (χ0) is 15.0. The van der Waals surface area contributed by atoms with Crippen LogP contribution in [0.4, 0.5) is 5.82 Å². The van der Waals surface area contributed by atoms with Crippen molar-refractivity contribution in [2.75, 3.05) is 25.7 Å². The van der Waals surface area contributed by atoms with Crippen molar-refractivity contribution in [1.82, 2.24) is 13.7 Å². The molecule has 0 aromatic carbocycles. The molecule has 116 valence electrons. The number of ether oxygens (including phenoxy) is 1.